The maximum atomic E-state index is 12.8. The van der Waals surface area contributed by atoms with Gasteiger partial charge < -0.3 is 76.1 Å². The number of nitrogens with zero attached hydrogens (tertiary/aromatic N) is 1. The van der Waals surface area contributed by atoms with Crippen LogP contribution in [0.25, 0.3) is 0 Å². The number of hydrogen-bond donors (Lipinski definition) is 13. The Bertz CT molecular complexity index is 1440. The third-order valence-electron chi connectivity index (χ3n) is 8.50. The molecular weight excluding hydrogens is 666 g/mol. The number of hydrogen-bond acceptors (Lipinski definition) is 17. The molecule has 276 valence electrons. The molecule has 3 saturated heterocycles. The standard InChI is InChI=1S/C27H41N5O17/c1-8(34)29-16-9(47-12(7-33)19(40)20(16)41)4-15(37)30-25(45)24-22(43)21(42)17(38)10(48-24)5-14(36)28-6-11-18(39)23(44)26(49-11)32-3-2-13(35)31-27(32)46/h2-3,9-12,16-26,33,38-45H,4-7H2,1H3,(H,28,36)(H,29,34)(H,30,37)(H,31,35,46)/t9-,10-,11-,12-,16+,17+,18-,19-,20-,21-,22+,23-,24+,25?,26-/m1/s1. The summed E-state index contributed by atoms with van der Waals surface area (Å²) >= 11 is 0. The summed E-state index contributed by atoms with van der Waals surface area (Å²) in [5, 5.41) is 99.6. The summed E-state index contributed by atoms with van der Waals surface area (Å²) in [6, 6.07) is -0.305. The van der Waals surface area contributed by atoms with Gasteiger partial charge in [0.05, 0.1) is 37.7 Å². The Morgan fingerprint density at radius 3 is 2.08 bits per heavy atom. The third-order valence-corrected chi connectivity index (χ3v) is 8.50. The third kappa shape index (κ3) is 8.68. The molecular formula is C27H41N5O17. The molecule has 0 bridgehead atoms. The van der Waals surface area contributed by atoms with Gasteiger partial charge in [0, 0.05) is 25.7 Å². The second kappa shape index (κ2) is 16.1. The van der Waals surface area contributed by atoms with Gasteiger partial charge in [0.1, 0.15) is 61.0 Å². The van der Waals surface area contributed by atoms with Gasteiger partial charge in [-0.3, -0.25) is 28.7 Å². The highest BCUT2D eigenvalue weighted by molar-refractivity contribution is 5.78. The number of carbonyl (C=O) groups is 3. The molecule has 3 aliphatic rings. The molecule has 1 unspecified atom stereocenters. The number of aromatic amines is 1. The lowest BCUT2D eigenvalue weighted by Crippen LogP contribution is -2.65. The number of nitrogens with one attached hydrogen (secondary N) is 4. The van der Waals surface area contributed by atoms with E-state index in [1.165, 1.54) is 0 Å². The highest BCUT2D eigenvalue weighted by Crippen LogP contribution is 2.29. The van der Waals surface area contributed by atoms with E-state index in [4.69, 9.17) is 14.2 Å². The molecule has 4 heterocycles. The van der Waals surface area contributed by atoms with E-state index >= 15 is 0 Å². The van der Waals surface area contributed by atoms with Crippen LogP contribution < -0.4 is 27.2 Å². The van der Waals surface area contributed by atoms with Crippen LogP contribution in [0, 0.1) is 0 Å². The minimum atomic E-state index is -2.06. The molecule has 0 spiro atoms. The highest BCUT2D eigenvalue weighted by atomic mass is 16.6. The van der Waals surface area contributed by atoms with Crippen molar-refractivity contribution in [1.29, 1.82) is 0 Å². The molecule has 0 saturated carbocycles. The minimum absolute atomic E-state index is 0.423. The molecule has 3 aliphatic heterocycles. The first kappa shape index (κ1) is 38.4. The quantitative estimate of drug-likeness (QED) is 0.0949. The van der Waals surface area contributed by atoms with Crippen molar-refractivity contribution < 1.29 is 74.6 Å². The van der Waals surface area contributed by atoms with E-state index in [0.717, 1.165) is 23.8 Å². The van der Waals surface area contributed by atoms with Gasteiger partial charge in [-0.05, 0) is 0 Å². The zero-order chi connectivity index (χ0) is 36.3. The van der Waals surface area contributed by atoms with Crippen LogP contribution in [0.2, 0.25) is 0 Å². The highest BCUT2D eigenvalue weighted by Gasteiger charge is 2.49. The Kier molecular flexibility index (Phi) is 12.6. The first-order valence-corrected chi connectivity index (χ1v) is 15.2. The predicted molar refractivity (Wildman–Crippen MR) is 156 cm³/mol. The second-order valence-electron chi connectivity index (χ2n) is 12.0. The van der Waals surface area contributed by atoms with Crippen molar-refractivity contribution in [2.24, 2.45) is 0 Å². The van der Waals surface area contributed by atoms with Crippen molar-refractivity contribution in [1.82, 2.24) is 25.5 Å². The number of ether oxygens (including phenoxy) is 3. The zero-order valence-corrected chi connectivity index (χ0v) is 25.9. The summed E-state index contributed by atoms with van der Waals surface area (Å²) in [5.74, 6) is -2.47. The number of carbonyl (C=O) groups excluding carboxylic acids is 3. The van der Waals surface area contributed by atoms with Crippen molar-refractivity contribution in [2.45, 2.75) is 112 Å². The van der Waals surface area contributed by atoms with E-state index in [-0.39, 0.29) is 0 Å². The molecule has 49 heavy (non-hydrogen) atoms. The van der Waals surface area contributed by atoms with Crippen molar-refractivity contribution in [2.75, 3.05) is 13.2 Å². The topological polar surface area (TPSA) is 352 Å². The molecule has 1 aromatic heterocycles. The predicted octanol–water partition coefficient (Wildman–Crippen LogP) is -8.68. The summed E-state index contributed by atoms with van der Waals surface area (Å²) in [7, 11) is 0. The molecule has 3 amide bonds. The monoisotopic (exact) mass is 707 g/mol. The van der Waals surface area contributed by atoms with E-state index in [1.807, 2.05) is 4.98 Å². The molecule has 13 N–H and O–H groups in total. The van der Waals surface area contributed by atoms with Crippen molar-refractivity contribution in [3.8, 4) is 0 Å². The van der Waals surface area contributed by atoms with E-state index in [2.05, 4.69) is 16.0 Å². The van der Waals surface area contributed by atoms with Crippen molar-refractivity contribution in [3.63, 3.8) is 0 Å². The molecule has 22 nitrogen and oxygen atoms in total. The van der Waals surface area contributed by atoms with Crippen LogP contribution in [0.1, 0.15) is 26.0 Å². The van der Waals surface area contributed by atoms with Crippen LogP contribution >= 0.6 is 0 Å². The Labute approximate surface area is 275 Å². The summed E-state index contributed by atoms with van der Waals surface area (Å²) < 4.78 is 17.3. The lowest BCUT2D eigenvalue weighted by molar-refractivity contribution is -0.246. The molecule has 4 rings (SSSR count). The first-order chi connectivity index (χ1) is 23.0. The molecule has 0 aromatic carbocycles. The van der Waals surface area contributed by atoms with Crippen LogP contribution in [0.3, 0.4) is 0 Å². The molecule has 0 aliphatic carbocycles. The smallest absolute Gasteiger partial charge is 0.330 e. The molecule has 1 aromatic rings. The van der Waals surface area contributed by atoms with Crippen molar-refractivity contribution >= 4 is 17.7 Å². The maximum absolute atomic E-state index is 12.8. The average molecular weight is 708 g/mol. The second-order valence-corrected chi connectivity index (χ2v) is 12.0. The number of aromatic nitrogens is 2. The molecule has 22 heteroatoms. The van der Waals surface area contributed by atoms with Gasteiger partial charge in [-0.15, -0.1) is 0 Å². The fourth-order valence-electron chi connectivity index (χ4n) is 5.90. The summed E-state index contributed by atoms with van der Waals surface area (Å²) in [6.07, 6.45) is -23.2. The summed E-state index contributed by atoms with van der Waals surface area (Å²) in [6.45, 7) is -0.0481. The zero-order valence-electron chi connectivity index (χ0n) is 25.9. The van der Waals surface area contributed by atoms with Gasteiger partial charge >= 0.3 is 5.69 Å². The molecule has 15 atom stereocenters. The minimum Gasteiger partial charge on any atom is -0.394 e. The van der Waals surface area contributed by atoms with Gasteiger partial charge in [0.2, 0.25) is 17.7 Å². The van der Waals surface area contributed by atoms with Gasteiger partial charge in [-0.1, -0.05) is 0 Å². The van der Waals surface area contributed by atoms with E-state index in [9.17, 15) is 69.9 Å². The van der Waals surface area contributed by atoms with Crippen LogP contribution in [0.5, 0.6) is 0 Å². The Hall–Kier alpha value is -3.39. The number of rotatable bonds is 11. The first-order valence-electron chi connectivity index (χ1n) is 15.2. The van der Waals surface area contributed by atoms with Gasteiger partial charge in [-0.2, -0.15) is 0 Å². The van der Waals surface area contributed by atoms with Gasteiger partial charge in [0.25, 0.3) is 5.56 Å². The largest absolute Gasteiger partial charge is 0.394 e. The average Bonchev–Trinajstić information content (AvgIpc) is 3.31. The van der Waals surface area contributed by atoms with Crippen LogP contribution in [0.4, 0.5) is 0 Å². The summed E-state index contributed by atoms with van der Waals surface area (Å²) in [5.41, 5.74) is -1.62. The summed E-state index contributed by atoms with van der Waals surface area (Å²) in [4.78, 5) is 62.6. The molecule has 0 radical (unpaired) electrons. The Balaban J connectivity index is 1.34. The van der Waals surface area contributed by atoms with E-state index < -0.39 is 147 Å². The number of aliphatic hydroxyl groups excluding tert-OH is 9. The number of H-pyrrole nitrogens is 1. The number of aliphatic hydroxyl groups is 9. The van der Waals surface area contributed by atoms with Crippen molar-refractivity contribution in [3.05, 3.63) is 33.1 Å². The normalized spacial score (nSPS) is 38.4. The Morgan fingerprint density at radius 1 is 0.816 bits per heavy atom. The van der Waals surface area contributed by atoms with Crippen LogP contribution in [0.15, 0.2) is 21.9 Å². The van der Waals surface area contributed by atoms with E-state index in [0.29, 0.717) is 0 Å². The maximum Gasteiger partial charge on any atom is 0.330 e. The number of amides is 3. The lowest BCUT2D eigenvalue weighted by atomic mass is 9.90. The van der Waals surface area contributed by atoms with Gasteiger partial charge in [-0.25, -0.2) is 4.79 Å². The van der Waals surface area contributed by atoms with Crippen LogP contribution in [-0.2, 0) is 28.6 Å². The fraction of sp³-hybridized carbons (Fsp3) is 0.741. The fourth-order valence-corrected chi connectivity index (χ4v) is 5.90. The lowest BCUT2D eigenvalue weighted by Gasteiger charge is -2.43. The SMILES string of the molecule is CC(=O)N[C@@H]1[C@@H](O)[C@H](O)[C@@H](CO)O[C@@H]1CC(=O)NC(O)[C@H]1O[C@H](CC(=O)NC[C@H]2O[C@@H](n3ccc(=O)[nH]c3=O)[C@H](O)[C@@H]2O)[C@H](O)[C@@H](O)[C@@H]1O. The van der Waals surface area contributed by atoms with Gasteiger partial charge in [0.15, 0.2) is 12.5 Å². The van der Waals surface area contributed by atoms with Crippen LogP contribution in [-0.4, -0.2) is 172 Å². The Morgan fingerprint density at radius 2 is 1.45 bits per heavy atom. The molecule has 3 fully saturated rings. The van der Waals surface area contributed by atoms with E-state index in [1.54, 1.807) is 0 Å².